The molecule has 1 spiro atoms. The first-order valence-electron chi connectivity index (χ1n) is 8.80. The third kappa shape index (κ3) is 1.75. The molecule has 6 nitrogen and oxygen atoms in total. The van der Waals surface area contributed by atoms with Gasteiger partial charge in [-0.05, 0) is 25.3 Å². The highest BCUT2D eigenvalue weighted by Gasteiger charge is 2.76. The molecule has 5 rings (SSSR count). The largest absolute Gasteiger partial charge is 0.507 e. The Morgan fingerprint density at radius 1 is 1.24 bits per heavy atom. The van der Waals surface area contributed by atoms with E-state index in [1.165, 1.54) is 13.2 Å². The average Bonchev–Trinajstić information content (AvgIpc) is 3.30. The normalized spacial score (nSPS) is 44.4. The quantitative estimate of drug-likeness (QED) is 0.746. The number of carbonyl (C=O) groups is 2. The molecule has 1 aromatic carbocycles. The third-order valence-electron chi connectivity index (χ3n) is 6.68. The fraction of sp³-hybridized carbons (Fsp3) is 0.579. The van der Waals surface area contributed by atoms with E-state index in [4.69, 9.17) is 9.47 Å². The van der Waals surface area contributed by atoms with Crippen LogP contribution in [0.5, 0.6) is 5.75 Å². The molecule has 0 amide bonds. The third-order valence-corrected chi connectivity index (χ3v) is 6.68. The van der Waals surface area contributed by atoms with Gasteiger partial charge in [0.25, 0.3) is 0 Å². The highest BCUT2D eigenvalue weighted by atomic mass is 16.6. The summed E-state index contributed by atoms with van der Waals surface area (Å²) in [6, 6.07) is 4.57. The van der Waals surface area contributed by atoms with Gasteiger partial charge in [0, 0.05) is 24.5 Å². The number of epoxide rings is 1. The standard InChI is InChI=1S/C19H20O6/c1-24-17-13-12(14-10(21)6-3-7-19(14)18(17)25-19)15(22)8-4-2-5-9(20)11(8)16(13)23/h2,4-5,10,12-14,17-18,20-21H,3,6-7H2,1H3/t10-,12-,13-,14-,17+,18-,19+/m0/s1. The zero-order valence-electron chi connectivity index (χ0n) is 13.8. The summed E-state index contributed by atoms with van der Waals surface area (Å²) in [4.78, 5) is 26.5. The Morgan fingerprint density at radius 3 is 2.80 bits per heavy atom. The molecule has 2 saturated carbocycles. The minimum Gasteiger partial charge on any atom is -0.507 e. The maximum Gasteiger partial charge on any atom is 0.173 e. The van der Waals surface area contributed by atoms with E-state index < -0.39 is 35.6 Å². The molecule has 1 saturated heterocycles. The molecule has 0 bridgehead atoms. The molecular formula is C19H20O6. The summed E-state index contributed by atoms with van der Waals surface area (Å²) in [6.07, 6.45) is 0.745. The number of rotatable bonds is 1. The van der Waals surface area contributed by atoms with Crippen LogP contribution in [0.3, 0.4) is 0 Å². The number of carbonyl (C=O) groups excluding carboxylic acids is 2. The second-order valence-corrected chi connectivity index (χ2v) is 7.66. The number of ether oxygens (including phenoxy) is 2. The van der Waals surface area contributed by atoms with Crippen molar-refractivity contribution < 1.29 is 29.3 Å². The summed E-state index contributed by atoms with van der Waals surface area (Å²) in [6.45, 7) is 0. The van der Waals surface area contributed by atoms with Crippen LogP contribution >= 0.6 is 0 Å². The topological polar surface area (TPSA) is 96.4 Å². The molecule has 0 radical (unpaired) electrons. The summed E-state index contributed by atoms with van der Waals surface area (Å²) in [7, 11) is 1.52. The lowest BCUT2D eigenvalue weighted by Gasteiger charge is -2.48. The van der Waals surface area contributed by atoms with Crippen molar-refractivity contribution in [3.05, 3.63) is 29.3 Å². The van der Waals surface area contributed by atoms with Crippen LogP contribution in [0.4, 0.5) is 0 Å². The Labute approximate surface area is 144 Å². The van der Waals surface area contributed by atoms with Crippen LogP contribution in [0, 0.1) is 17.8 Å². The van der Waals surface area contributed by atoms with Crippen molar-refractivity contribution in [1.82, 2.24) is 0 Å². The average molecular weight is 344 g/mol. The van der Waals surface area contributed by atoms with Crippen molar-refractivity contribution in [3.63, 3.8) is 0 Å². The van der Waals surface area contributed by atoms with Crippen LogP contribution in [-0.2, 0) is 9.47 Å². The number of phenolic OH excluding ortho intramolecular Hbond substituents is 1. The van der Waals surface area contributed by atoms with Crippen molar-refractivity contribution >= 4 is 11.6 Å². The number of benzene rings is 1. The van der Waals surface area contributed by atoms with Crippen LogP contribution in [0.15, 0.2) is 18.2 Å². The molecule has 132 valence electrons. The van der Waals surface area contributed by atoms with E-state index in [0.717, 1.165) is 12.8 Å². The molecule has 1 heterocycles. The number of hydrogen-bond donors (Lipinski definition) is 2. The van der Waals surface area contributed by atoms with Gasteiger partial charge in [-0.3, -0.25) is 9.59 Å². The van der Waals surface area contributed by atoms with Gasteiger partial charge < -0.3 is 19.7 Å². The predicted octanol–water partition coefficient (Wildman–Crippen LogP) is 1.33. The molecule has 1 aromatic rings. The van der Waals surface area contributed by atoms with Gasteiger partial charge >= 0.3 is 0 Å². The minimum atomic E-state index is -0.725. The molecule has 4 aliphatic rings. The lowest BCUT2D eigenvalue weighted by Crippen LogP contribution is -2.61. The van der Waals surface area contributed by atoms with Gasteiger partial charge in [-0.2, -0.15) is 0 Å². The van der Waals surface area contributed by atoms with E-state index in [2.05, 4.69) is 0 Å². The van der Waals surface area contributed by atoms with Gasteiger partial charge in [-0.1, -0.05) is 12.1 Å². The highest BCUT2D eigenvalue weighted by Crippen LogP contribution is 2.63. The number of methoxy groups -OCH3 is 1. The zero-order valence-corrected chi connectivity index (χ0v) is 13.8. The number of hydrogen-bond acceptors (Lipinski definition) is 6. The van der Waals surface area contributed by atoms with Gasteiger partial charge in [-0.15, -0.1) is 0 Å². The predicted molar refractivity (Wildman–Crippen MR) is 85.5 cm³/mol. The SMILES string of the molecule is CO[C@@H]1[C@@H]2C(=O)c3c(O)cccc3C(=O)[C@@H]2[C@@H]2[C@@H](O)CCC[C@@]23O[C@@H]13. The lowest BCUT2D eigenvalue weighted by atomic mass is 9.54. The molecule has 3 fully saturated rings. The number of ketones is 2. The summed E-state index contributed by atoms with van der Waals surface area (Å²) in [5.41, 5.74) is -0.230. The van der Waals surface area contributed by atoms with Gasteiger partial charge in [0.05, 0.1) is 23.7 Å². The second kappa shape index (κ2) is 4.90. The Morgan fingerprint density at radius 2 is 2.04 bits per heavy atom. The summed E-state index contributed by atoms with van der Waals surface area (Å²) < 4.78 is 11.6. The summed E-state index contributed by atoms with van der Waals surface area (Å²) in [5.74, 6) is -2.45. The van der Waals surface area contributed by atoms with Crippen LogP contribution in [-0.4, -0.2) is 52.8 Å². The smallest absolute Gasteiger partial charge is 0.173 e. The van der Waals surface area contributed by atoms with Gasteiger partial charge in [0.15, 0.2) is 11.6 Å². The van der Waals surface area contributed by atoms with Crippen LogP contribution in [0.25, 0.3) is 0 Å². The molecule has 25 heavy (non-hydrogen) atoms. The van der Waals surface area contributed by atoms with Crippen LogP contribution in [0.2, 0.25) is 0 Å². The number of fused-ring (bicyclic) bond motifs is 3. The fourth-order valence-corrected chi connectivity index (χ4v) is 5.69. The van der Waals surface area contributed by atoms with Crippen molar-refractivity contribution in [2.24, 2.45) is 17.8 Å². The summed E-state index contributed by atoms with van der Waals surface area (Å²) in [5, 5.41) is 20.8. The molecule has 0 unspecified atom stereocenters. The van der Waals surface area contributed by atoms with Gasteiger partial charge in [0.2, 0.25) is 0 Å². The first-order valence-corrected chi connectivity index (χ1v) is 8.80. The van der Waals surface area contributed by atoms with E-state index in [1.54, 1.807) is 12.1 Å². The fourth-order valence-electron chi connectivity index (χ4n) is 5.69. The number of aromatic hydroxyl groups is 1. The molecule has 1 aliphatic heterocycles. The Bertz CT molecular complexity index is 788. The van der Waals surface area contributed by atoms with E-state index in [9.17, 15) is 19.8 Å². The number of aliphatic hydroxyl groups excluding tert-OH is 1. The van der Waals surface area contributed by atoms with Crippen molar-refractivity contribution in [2.45, 2.75) is 43.2 Å². The van der Waals surface area contributed by atoms with Crippen LogP contribution in [0.1, 0.15) is 40.0 Å². The van der Waals surface area contributed by atoms with E-state index in [0.29, 0.717) is 6.42 Å². The van der Waals surface area contributed by atoms with E-state index >= 15 is 0 Å². The van der Waals surface area contributed by atoms with Crippen molar-refractivity contribution in [3.8, 4) is 5.75 Å². The number of phenols is 1. The van der Waals surface area contributed by atoms with Gasteiger partial charge in [-0.25, -0.2) is 0 Å². The first kappa shape index (κ1) is 15.5. The van der Waals surface area contributed by atoms with E-state index in [-0.39, 0.29) is 34.5 Å². The van der Waals surface area contributed by atoms with Crippen molar-refractivity contribution in [2.75, 3.05) is 7.11 Å². The maximum atomic E-state index is 13.3. The molecule has 2 N–H and O–H groups in total. The Hall–Kier alpha value is -1.76. The Kier molecular flexibility index (Phi) is 3.04. The molecule has 7 atom stereocenters. The first-order chi connectivity index (χ1) is 12.0. The second-order valence-electron chi connectivity index (χ2n) is 7.66. The van der Waals surface area contributed by atoms with Crippen LogP contribution < -0.4 is 0 Å². The number of Topliss-reactive ketones (excluding diaryl/α,β-unsaturated/α-hetero) is 2. The summed E-state index contributed by atoms with van der Waals surface area (Å²) >= 11 is 0. The highest BCUT2D eigenvalue weighted by molar-refractivity contribution is 6.18. The molecule has 3 aliphatic carbocycles. The monoisotopic (exact) mass is 344 g/mol. The van der Waals surface area contributed by atoms with E-state index in [1.807, 2.05) is 0 Å². The maximum absolute atomic E-state index is 13.3. The van der Waals surface area contributed by atoms with Gasteiger partial charge in [0.1, 0.15) is 17.5 Å². The lowest BCUT2D eigenvalue weighted by molar-refractivity contribution is -0.0604. The zero-order chi connectivity index (χ0) is 17.5. The molecule has 6 heteroatoms. The Balaban J connectivity index is 1.71. The molecular weight excluding hydrogens is 324 g/mol. The molecule has 0 aromatic heterocycles. The number of aliphatic hydroxyl groups is 1. The van der Waals surface area contributed by atoms with Crippen molar-refractivity contribution in [1.29, 1.82) is 0 Å². The minimum absolute atomic E-state index is 0.0780.